The molecular formula is C11H12FN5OS2. The number of amidine groups is 1. The van der Waals surface area contributed by atoms with Gasteiger partial charge in [-0.15, -0.1) is 10.2 Å². The summed E-state index contributed by atoms with van der Waals surface area (Å²) >= 11 is 2.59. The highest BCUT2D eigenvalue weighted by Crippen LogP contribution is 2.35. The third kappa shape index (κ3) is 2.99. The molecule has 0 aliphatic rings. The number of hydrogen-bond acceptors (Lipinski definition) is 7. The molecule has 0 spiro atoms. The van der Waals surface area contributed by atoms with Crippen LogP contribution in [0.5, 0.6) is 0 Å². The van der Waals surface area contributed by atoms with Gasteiger partial charge in [0.15, 0.2) is 10.2 Å². The molecule has 0 saturated heterocycles. The van der Waals surface area contributed by atoms with E-state index in [-0.39, 0.29) is 11.4 Å². The van der Waals surface area contributed by atoms with Gasteiger partial charge in [-0.3, -0.25) is 0 Å². The summed E-state index contributed by atoms with van der Waals surface area (Å²) in [5, 5.41) is 20.3. The van der Waals surface area contributed by atoms with E-state index in [1.54, 1.807) is 12.1 Å². The molecule has 0 fully saturated rings. The molecule has 106 valence electrons. The van der Waals surface area contributed by atoms with Crippen LogP contribution in [0, 0.1) is 5.82 Å². The zero-order valence-corrected chi connectivity index (χ0v) is 12.4. The molecule has 1 aromatic heterocycles. The number of nitrogens with zero attached hydrogens (tertiary/aromatic N) is 4. The number of hydrogen-bond donors (Lipinski definition) is 2. The predicted octanol–water partition coefficient (Wildman–Crippen LogP) is 1.99. The van der Waals surface area contributed by atoms with Crippen molar-refractivity contribution in [2.24, 2.45) is 10.9 Å². The Kier molecular flexibility index (Phi) is 4.40. The summed E-state index contributed by atoms with van der Waals surface area (Å²) in [6.07, 6.45) is 0. The van der Waals surface area contributed by atoms with Crippen molar-refractivity contribution in [2.45, 2.75) is 9.24 Å². The van der Waals surface area contributed by atoms with Crippen LogP contribution in [0.3, 0.4) is 0 Å². The lowest BCUT2D eigenvalue weighted by Gasteiger charge is -2.07. The van der Waals surface area contributed by atoms with Crippen molar-refractivity contribution in [1.29, 1.82) is 0 Å². The fourth-order valence-corrected chi connectivity index (χ4v) is 3.29. The second-order valence-electron chi connectivity index (χ2n) is 3.95. The number of oxime groups is 1. The van der Waals surface area contributed by atoms with Crippen molar-refractivity contribution in [2.75, 3.05) is 19.0 Å². The van der Waals surface area contributed by atoms with Crippen LogP contribution in [0.25, 0.3) is 0 Å². The van der Waals surface area contributed by atoms with E-state index in [1.807, 2.05) is 19.0 Å². The lowest BCUT2D eigenvalue weighted by molar-refractivity contribution is 0.318. The van der Waals surface area contributed by atoms with E-state index in [1.165, 1.54) is 29.2 Å². The SMILES string of the molecule is CN(C)c1nnc(Sc2cccc(F)c2C(N)=NO)s1. The van der Waals surface area contributed by atoms with Gasteiger partial charge >= 0.3 is 0 Å². The fraction of sp³-hybridized carbons (Fsp3) is 0.182. The summed E-state index contributed by atoms with van der Waals surface area (Å²) in [5.74, 6) is -0.828. The Balaban J connectivity index is 2.35. The van der Waals surface area contributed by atoms with Crippen LogP contribution >= 0.6 is 23.1 Å². The largest absolute Gasteiger partial charge is 0.409 e. The van der Waals surface area contributed by atoms with Crippen molar-refractivity contribution in [3.05, 3.63) is 29.6 Å². The minimum atomic E-state index is -0.553. The first-order valence-electron chi connectivity index (χ1n) is 5.48. The Morgan fingerprint density at radius 1 is 1.45 bits per heavy atom. The van der Waals surface area contributed by atoms with Crippen molar-refractivity contribution in [3.8, 4) is 0 Å². The number of rotatable bonds is 4. The van der Waals surface area contributed by atoms with Crippen LogP contribution in [0.1, 0.15) is 5.56 Å². The second kappa shape index (κ2) is 6.06. The standard InChI is InChI=1S/C11H12FN5OS2/c1-17(2)10-14-15-11(20-10)19-7-5-3-4-6(12)8(7)9(13)16-18/h3-5,18H,1-2H3,(H2,13,16). The Hall–Kier alpha value is -1.87. The number of halogens is 1. The summed E-state index contributed by atoms with van der Waals surface area (Å²) in [6.45, 7) is 0. The third-order valence-corrected chi connectivity index (χ3v) is 4.52. The molecule has 1 aromatic carbocycles. The zero-order chi connectivity index (χ0) is 14.7. The summed E-state index contributed by atoms with van der Waals surface area (Å²) < 4.78 is 14.4. The lowest BCUT2D eigenvalue weighted by atomic mass is 10.2. The summed E-state index contributed by atoms with van der Waals surface area (Å²) in [4.78, 5) is 2.35. The van der Waals surface area contributed by atoms with Gasteiger partial charge in [-0.05, 0) is 12.1 Å². The van der Waals surface area contributed by atoms with E-state index in [4.69, 9.17) is 10.9 Å². The number of anilines is 1. The van der Waals surface area contributed by atoms with Crippen LogP contribution < -0.4 is 10.6 Å². The van der Waals surface area contributed by atoms with E-state index in [0.29, 0.717) is 9.24 Å². The molecule has 6 nitrogen and oxygen atoms in total. The molecule has 0 bridgehead atoms. The van der Waals surface area contributed by atoms with Crippen molar-refractivity contribution in [1.82, 2.24) is 10.2 Å². The zero-order valence-electron chi connectivity index (χ0n) is 10.7. The van der Waals surface area contributed by atoms with Crippen molar-refractivity contribution < 1.29 is 9.60 Å². The molecule has 0 aliphatic carbocycles. The number of benzene rings is 1. The molecule has 0 unspecified atom stereocenters. The Bertz CT molecular complexity index is 643. The number of aromatic nitrogens is 2. The van der Waals surface area contributed by atoms with Gasteiger partial charge in [-0.2, -0.15) is 0 Å². The van der Waals surface area contributed by atoms with E-state index < -0.39 is 5.82 Å². The average molecular weight is 313 g/mol. The Morgan fingerprint density at radius 3 is 2.80 bits per heavy atom. The maximum absolute atomic E-state index is 13.8. The second-order valence-corrected chi connectivity index (χ2v) is 6.19. The first-order chi connectivity index (χ1) is 9.52. The monoisotopic (exact) mass is 313 g/mol. The molecule has 2 rings (SSSR count). The van der Waals surface area contributed by atoms with Gasteiger partial charge in [0.1, 0.15) is 5.82 Å². The molecule has 0 aliphatic heterocycles. The fourth-order valence-electron chi connectivity index (χ4n) is 1.41. The summed E-state index contributed by atoms with van der Waals surface area (Å²) in [6, 6.07) is 4.49. The van der Waals surface area contributed by atoms with Gasteiger partial charge in [0.05, 0.1) is 5.56 Å². The highest BCUT2D eigenvalue weighted by atomic mass is 32.2. The maximum Gasteiger partial charge on any atom is 0.208 e. The van der Waals surface area contributed by atoms with Gasteiger partial charge in [-0.1, -0.05) is 34.3 Å². The molecular weight excluding hydrogens is 301 g/mol. The highest BCUT2D eigenvalue weighted by molar-refractivity contribution is 8.01. The molecule has 20 heavy (non-hydrogen) atoms. The quantitative estimate of drug-likeness (QED) is 0.388. The smallest absolute Gasteiger partial charge is 0.208 e. The van der Waals surface area contributed by atoms with Gasteiger partial charge in [0, 0.05) is 19.0 Å². The van der Waals surface area contributed by atoms with Gasteiger partial charge < -0.3 is 15.8 Å². The molecule has 0 saturated carbocycles. The van der Waals surface area contributed by atoms with E-state index in [0.717, 1.165) is 5.13 Å². The van der Waals surface area contributed by atoms with Gasteiger partial charge in [0.25, 0.3) is 0 Å². The minimum absolute atomic E-state index is 0.0570. The number of nitrogens with two attached hydrogens (primary N) is 1. The highest BCUT2D eigenvalue weighted by Gasteiger charge is 2.16. The molecule has 0 atom stereocenters. The maximum atomic E-state index is 13.8. The molecule has 0 radical (unpaired) electrons. The molecule has 2 aromatic rings. The van der Waals surface area contributed by atoms with Crippen LogP contribution in [0.15, 0.2) is 32.6 Å². The molecule has 9 heteroatoms. The first-order valence-corrected chi connectivity index (χ1v) is 7.11. The van der Waals surface area contributed by atoms with Crippen LogP contribution in [0.2, 0.25) is 0 Å². The predicted molar refractivity (Wildman–Crippen MR) is 77.3 cm³/mol. The molecule has 3 N–H and O–H groups in total. The average Bonchev–Trinajstić information content (AvgIpc) is 2.87. The van der Waals surface area contributed by atoms with Gasteiger partial charge in [0.2, 0.25) is 5.13 Å². The normalized spacial score (nSPS) is 11.7. The van der Waals surface area contributed by atoms with Crippen LogP contribution in [-0.2, 0) is 0 Å². The van der Waals surface area contributed by atoms with Crippen molar-refractivity contribution >= 4 is 34.1 Å². The Morgan fingerprint density at radius 2 is 2.20 bits per heavy atom. The molecule has 0 amide bonds. The summed E-state index contributed by atoms with van der Waals surface area (Å²) in [5.41, 5.74) is 5.57. The third-order valence-electron chi connectivity index (χ3n) is 2.31. The van der Waals surface area contributed by atoms with E-state index in [2.05, 4.69) is 15.4 Å². The summed E-state index contributed by atoms with van der Waals surface area (Å²) in [7, 11) is 3.72. The first kappa shape index (κ1) is 14.5. The molecule has 1 heterocycles. The topological polar surface area (TPSA) is 87.6 Å². The van der Waals surface area contributed by atoms with E-state index >= 15 is 0 Å². The Labute approximate surface area is 123 Å². The van der Waals surface area contributed by atoms with Crippen molar-refractivity contribution in [3.63, 3.8) is 0 Å². The minimum Gasteiger partial charge on any atom is -0.409 e. The van der Waals surface area contributed by atoms with Crippen LogP contribution in [0.4, 0.5) is 9.52 Å². The van der Waals surface area contributed by atoms with Crippen LogP contribution in [-0.4, -0.2) is 35.3 Å². The lowest BCUT2D eigenvalue weighted by Crippen LogP contribution is -2.16. The van der Waals surface area contributed by atoms with Gasteiger partial charge in [-0.25, -0.2) is 4.39 Å². The van der Waals surface area contributed by atoms with E-state index in [9.17, 15) is 4.39 Å².